The summed E-state index contributed by atoms with van der Waals surface area (Å²) in [6.45, 7) is 6.66. The van der Waals surface area contributed by atoms with E-state index in [9.17, 15) is 8.42 Å². The van der Waals surface area contributed by atoms with Crippen LogP contribution in [0.2, 0.25) is 18.1 Å². The maximum atomic E-state index is 10.5. The zero-order valence-electron chi connectivity index (χ0n) is 9.99. The van der Waals surface area contributed by atoms with Crippen LogP contribution in [0.3, 0.4) is 0 Å². The summed E-state index contributed by atoms with van der Waals surface area (Å²) < 4.78 is 29.6. The minimum atomic E-state index is -3.77. The molecule has 1 radical (unpaired) electrons. The highest BCUT2D eigenvalue weighted by Crippen LogP contribution is 2.25. The van der Waals surface area contributed by atoms with Crippen molar-refractivity contribution in [3.63, 3.8) is 0 Å². The molecule has 15 heavy (non-hydrogen) atoms. The van der Waals surface area contributed by atoms with Gasteiger partial charge in [-0.15, -0.1) is 0 Å². The van der Waals surface area contributed by atoms with E-state index in [-0.39, 0.29) is 5.75 Å². The van der Waals surface area contributed by atoms with Crippen LogP contribution in [-0.4, -0.2) is 26.8 Å². The van der Waals surface area contributed by atoms with E-state index >= 15 is 0 Å². The Kier molecular flexibility index (Phi) is 6.71. The second-order valence-electron chi connectivity index (χ2n) is 4.06. The van der Waals surface area contributed by atoms with Crippen molar-refractivity contribution in [1.29, 1.82) is 0 Å². The third kappa shape index (κ3) is 6.32. The molecule has 0 spiro atoms. The molecular weight excluding hydrogens is 228 g/mol. The van der Waals surface area contributed by atoms with Crippen molar-refractivity contribution >= 4 is 18.2 Å². The molecule has 91 valence electrons. The molecule has 0 atom stereocenters. The molecule has 1 N–H and O–H groups in total. The average Bonchev–Trinajstić information content (AvgIpc) is 2.18. The van der Waals surface area contributed by atoms with E-state index < -0.39 is 18.2 Å². The molecule has 0 aromatic carbocycles. The quantitative estimate of drug-likeness (QED) is 0.410. The fourth-order valence-electron chi connectivity index (χ4n) is 1.86. The van der Waals surface area contributed by atoms with Crippen LogP contribution in [0.15, 0.2) is 0 Å². The zero-order chi connectivity index (χ0) is 11.9. The predicted octanol–water partition coefficient (Wildman–Crippen LogP) is 2.91. The van der Waals surface area contributed by atoms with Crippen molar-refractivity contribution in [2.24, 2.45) is 0 Å². The second kappa shape index (κ2) is 6.65. The predicted molar refractivity (Wildman–Crippen MR) is 67.1 cm³/mol. The largest absolute Gasteiger partial charge is 0.286 e. The molecule has 5 heteroatoms. The molecule has 0 rings (SSSR count). The van der Waals surface area contributed by atoms with Crippen molar-refractivity contribution in [3.8, 4) is 0 Å². The van der Waals surface area contributed by atoms with E-state index in [0.717, 1.165) is 6.42 Å². The summed E-state index contributed by atoms with van der Waals surface area (Å²) in [6.07, 6.45) is 1.37. The molecular formula is C10H23O3SSi. The van der Waals surface area contributed by atoms with Gasteiger partial charge in [0, 0.05) is 0 Å². The lowest BCUT2D eigenvalue weighted by atomic mass is 10.4. The van der Waals surface area contributed by atoms with Gasteiger partial charge in [-0.1, -0.05) is 45.3 Å². The monoisotopic (exact) mass is 251 g/mol. The van der Waals surface area contributed by atoms with Gasteiger partial charge < -0.3 is 0 Å². The van der Waals surface area contributed by atoms with Crippen molar-refractivity contribution < 1.29 is 13.0 Å². The van der Waals surface area contributed by atoms with Crippen LogP contribution < -0.4 is 0 Å². The van der Waals surface area contributed by atoms with Crippen LogP contribution in [0, 0.1) is 6.04 Å². The van der Waals surface area contributed by atoms with E-state index in [1.54, 1.807) is 0 Å². The zero-order valence-corrected chi connectivity index (χ0v) is 11.8. The highest BCUT2D eigenvalue weighted by molar-refractivity contribution is 7.85. The van der Waals surface area contributed by atoms with Gasteiger partial charge in [0.25, 0.3) is 10.1 Å². The first-order valence-electron chi connectivity index (χ1n) is 5.68. The lowest BCUT2D eigenvalue weighted by molar-refractivity contribution is 0.481. The molecule has 0 aliphatic carbocycles. The molecule has 0 aromatic heterocycles. The summed E-state index contributed by atoms with van der Waals surface area (Å²) in [4.78, 5) is 0. The fraction of sp³-hybridized carbons (Fsp3) is 0.900. The summed E-state index contributed by atoms with van der Waals surface area (Å²) in [5.41, 5.74) is 0. The van der Waals surface area contributed by atoms with Gasteiger partial charge in [0.05, 0.1) is 13.8 Å². The van der Waals surface area contributed by atoms with Crippen LogP contribution in [0.25, 0.3) is 0 Å². The lowest BCUT2D eigenvalue weighted by Gasteiger charge is -2.27. The Balaban J connectivity index is 3.92. The van der Waals surface area contributed by atoms with Crippen LogP contribution in [0.4, 0.5) is 0 Å². The van der Waals surface area contributed by atoms with Gasteiger partial charge in [-0.25, -0.2) is 0 Å². The number of unbranched alkanes of at least 4 members (excludes halogenated alkanes) is 1. The van der Waals surface area contributed by atoms with E-state index in [1.165, 1.54) is 18.1 Å². The molecule has 0 aromatic rings. The van der Waals surface area contributed by atoms with Gasteiger partial charge >= 0.3 is 0 Å². The first-order chi connectivity index (χ1) is 6.89. The van der Waals surface area contributed by atoms with Gasteiger partial charge in [0.15, 0.2) is 0 Å². The first kappa shape index (κ1) is 15.1. The Morgan fingerprint density at radius 2 is 1.60 bits per heavy atom. The summed E-state index contributed by atoms with van der Waals surface area (Å²) in [6, 6.07) is 6.04. The third-order valence-corrected chi connectivity index (χ3v) is 9.48. The molecule has 3 nitrogen and oxygen atoms in total. The summed E-state index contributed by atoms with van der Waals surface area (Å²) in [5.74, 6) is -0.106. The first-order valence-corrected chi connectivity index (χ1v) is 9.99. The minimum absolute atomic E-state index is 0.106. The SMILES string of the molecule is CC[Si]([CH]CCCS(=O)(=O)O)(CC)CC. The van der Waals surface area contributed by atoms with Crippen molar-refractivity contribution in [1.82, 2.24) is 0 Å². The highest BCUT2D eigenvalue weighted by atomic mass is 32.2. The van der Waals surface area contributed by atoms with Crippen LogP contribution in [-0.2, 0) is 10.1 Å². The molecule has 0 bridgehead atoms. The van der Waals surface area contributed by atoms with Crippen LogP contribution >= 0.6 is 0 Å². The number of hydrogen-bond acceptors (Lipinski definition) is 2. The Hall–Kier alpha value is 0.127. The second-order valence-corrected chi connectivity index (χ2v) is 10.9. The molecule has 0 fully saturated rings. The lowest BCUT2D eigenvalue weighted by Crippen LogP contribution is -2.32. The highest BCUT2D eigenvalue weighted by Gasteiger charge is 2.25. The van der Waals surface area contributed by atoms with E-state index in [1.807, 2.05) is 0 Å². The van der Waals surface area contributed by atoms with Gasteiger partial charge in [-0.3, -0.25) is 4.55 Å². The Bertz CT molecular complexity index is 250. The topological polar surface area (TPSA) is 54.4 Å². The molecule has 0 unspecified atom stereocenters. The summed E-state index contributed by atoms with van der Waals surface area (Å²) >= 11 is 0. The van der Waals surface area contributed by atoms with Crippen LogP contribution in [0.1, 0.15) is 33.6 Å². The molecule has 0 aliphatic heterocycles. The molecule has 0 heterocycles. The van der Waals surface area contributed by atoms with Crippen molar-refractivity contribution in [3.05, 3.63) is 6.04 Å². The van der Waals surface area contributed by atoms with Crippen molar-refractivity contribution in [2.75, 3.05) is 5.75 Å². The van der Waals surface area contributed by atoms with E-state index in [0.29, 0.717) is 6.42 Å². The number of hydrogen-bond donors (Lipinski definition) is 1. The maximum absolute atomic E-state index is 10.5. The van der Waals surface area contributed by atoms with E-state index in [4.69, 9.17) is 4.55 Å². The normalized spacial score (nSPS) is 13.1. The smallest absolute Gasteiger partial charge is 0.264 e. The molecule has 0 aliphatic rings. The Morgan fingerprint density at radius 1 is 1.13 bits per heavy atom. The standard InChI is InChI=1S/C10H23O3SSi/c1-4-15(5-2,6-3)10-8-7-9-14(11,12)13/h10H,4-9H2,1-3H3,(H,11,12,13). The molecule has 0 saturated carbocycles. The fourth-order valence-corrected chi connectivity index (χ4v) is 5.57. The average molecular weight is 251 g/mol. The third-order valence-electron chi connectivity index (χ3n) is 3.30. The van der Waals surface area contributed by atoms with Gasteiger partial charge in [-0.05, 0) is 12.5 Å². The molecule has 0 saturated heterocycles. The van der Waals surface area contributed by atoms with Gasteiger partial charge in [-0.2, -0.15) is 8.42 Å². The van der Waals surface area contributed by atoms with Gasteiger partial charge in [0.1, 0.15) is 0 Å². The Labute approximate surface area is 95.0 Å². The summed E-state index contributed by atoms with van der Waals surface area (Å²) in [7, 11) is -4.98. The van der Waals surface area contributed by atoms with E-state index in [2.05, 4.69) is 26.8 Å². The Morgan fingerprint density at radius 3 is 1.93 bits per heavy atom. The summed E-state index contributed by atoms with van der Waals surface area (Å²) in [5, 5.41) is 0. The maximum Gasteiger partial charge on any atom is 0.264 e. The van der Waals surface area contributed by atoms with Crippen LogP contribution in [0.5, 0.6) is 0 Å². The van der Waals surface area contributed by atoms with Gasteiger partial charge in [0.2, 0.25) is 0 Å². The van der Waals surface area contributed by atoms with Crippen molar-refractivity contribution in [2.45, 2.75) is 51.7 Å². The minimum Gasteiger partial charge on any atom is -0.286 e. The molecule has 0 amide bonds. The number of rotatable bonds is 8.